The maximum atomic E-state index is 10.3. The van der Waals surface area contributed by atoms with E-state index in [1.54, 1.807) is 0 Å². The van der Waals surface area contributed by atoms with Gasteiger partial charge in [-0.2, -0.15) is 5.10 Å². The molecule has 1 aromatic rings. The van der Waals surface area contributed by atoms with E-state index in [4.69, 9.17) is 5.11 Å². The summed E-state index contributed by atoms with van der Waals surface area (Å²) < 4.78 is 1.85. The van der Waals surface area contributed by atoms with E-state index in [2.05, 4.69) is 5.10 Å². The van der Waals surface area contributed by atoms with Crippen LogP contribution < -0.4 is 0 Å². The van der Waals surface area contributed by atoms with Crippen molar-refractivity contribution in [2.45, 2.75) is 33.2 Å². The van der Waals surface area contributed by atoms with Crippen molar-refractivity contribution in [2.75, 3.05) is 0 Å². The lowest BCUT2D eigenvalue weighted by Gasteiger charge is -2.01. The first-order chi connectivity index (χ1) is 6.13. The average molecular weight is 182 g/mol. The molecule has 0 aliphatic heterocycles. The van der Waals surface area contributed by atoms with E-state index < -0.39 is 5.97 Å². The van der Waals surface area contributed by atoms with Gasteiger partial charge in [0.2, 0.25) is 0 Å². The number of rotatable bonds is 4. The van der Waals surface area contributed by atoms with Crippen molar-refractivity contribution in [1.29, 1.82) is 0 Å². The van der Waals surface area contributed by atoms with Crippen LogP contribution in [0.1, 0.15) is 24.7 Å². The first-order valence-corrected chi connectivity index (χ1v) is 4.38. The van der Waals surface area contributed by atoms with Crippen LogP contribution in [0.25, 0.3) is 0 Å². The molecule has 13 heavy (non-hydrogen) atoms. The number of hydrogen-bond donors (Lipinski definition) is 1. The van der Waals surface area contributed by atoms with Crippen LogP contribution in [0.15, 0.2) is 6.07 Å². The Morgan fingerprint density at radius 2 is 2.38 bits per heavy atom. The fourth-order valence-corrected chi connectivity index (χ4v) is 1.31. The molecule has 0 saturated carbocycles. The van der Waals surface area contributed by atoms with Crippen molar-refractivity contribution in [3.05, 3.63) is 17.5 Å². The molecular formula is C9H14N2O2. The first-order valence-electron chi connectivity index (χ1n) is 4.38. The Labute approximate surface area is 77.2 Å². The van der Waals surface area contributed by atoms with Gasteiger partial charge in [-0.15, -0.1) is 0 Å². The maximum Gasteiger partial charge on any atom is 0.303 e. The highest BCUT2D eigenvalue weighted by Gasteiger charge is 2.05. The third-order valence-electron chi connectivity index (χ3n) is 1.88. The standard InChI is InChI=1S/C9H14N2O2/c1-3-11-8(4-5-9(12)13)6-7(2)10-11/h6H,3-5H2,1-2H3,(H,12,13). The summed E-state index contributed by atoms with van der Waals surface area (Å²) in [7, 11) is 0. The number of aliphatic carboxylic acids is 1. The third-order valence-corrected chi connectivity index (χ3v) is 1.88. The van der Waals surface area contributed by atoms with Gasteiger partial charge >= 0.3 is 5.97 Å². The minimum absolute atomic E-state index is 0.172. The van der Waals surface area contributed by atoms with Crippen molar-refractivity contribution in [1.82, 2.24) is 9.78 Å². The van der Waals surface area contributed by atoms with E-state index in [1.165, 1.54) is 0 Å². The Hall–Kier alpha value is -1.32. The van der Waals surface area contributed by atoms with Crippen LogP contribution in [0.2, 0.25) is 0 Å². The lowest BCUT2D eigenvalue weighted by molar-refractivity contribution is -0.136. The molecule has 0 bridgehead atoms. The van der Waals surface area contributed by atoms with Gasteiger partial charge in [0.25, 0.3) is 0 Å². The van der Waals surface area contributed by atoms with Crippen molar-refractivity contribution in [3.63, 3.8) is 0 Å². The molecule has 0 aromatic carbocycles. The van der Waals surface area contributed by atoms with Crippen LogP contribution >= 0.6 is 0 Å². The van der Waals surface area contributed by atoms with Gasteiger partial charge in [0.05, 0.1) is 12.1 Å². The summed E-state index contributed by atoms with van der Waals surface area (Å²) in [5.41, 5.74) is 1.95. The predicted octanol–water partition coefficient (Wildman–Crippen LogP) is 1.23. The molecule has 0 fully saturated rings. The highest BCUT2D eigenvalue weighted by molar-refractivity contribution is 5.66. The number of carbonyl (C=O) groups is 1. The number of aryl methyl sites for hydroxylation is 3. The zero-order valence-corrected chi connectivity index (χ0v) is 7.95. The molecule has 0 spiro atoms. The van der Waals surface area contributed by atoms with Crippen molar-refractivity contribution in [3.8, 4) is 0 Å². The molecule has 0 unspecified atom stereocenters. The number of aromatic nitrogens is 2. The van der Waals surface area contributed by atoms with Crippen LogP contribution in [-0.4, -0.2) is 20.9 Å². The molecule has 72 valence electrons. The maximum absolute atomic E-state index is 10.3. The minimum atomic E-state index is -0.762. The molecule has 1 rings (SSSR count). The lowest BCUT2D eigenvalue weighted by atomic mass is 10.2. The van der Waals surface area contributed by atoms with Crippen LogP contribution in [-0.2, 0) is 17.8 Å². The second-order valence-corrected chi connectivity index (χ2v) is 2.99. The van der Waals surface area contributed by atoms with Gasteiger partial charge in [0.1, 0.15) is 0 Å². The highest BCUT2D eigenvalue weighted by atomic mass is 16.4. The zero-order chi connectivity index (χ0) is 9.84. The Bertz CT molecular complexity index is 305. The van der Waals surface area contributed by atoms with Crippen LogP contribution in [0.5, 0.6) is 0 Å². The van der Waals surface area contributed by atoms with E-state index >= 15 is 0 Å². The summed E-state index contributed by atoms with van der Waals surface area (Å²) in [6.45, 7) is 4.70. The molecule has 1 heterocycles. The molecule has 1 aromatic heterocycles. The van der Waals surface area contributed by atoms with Gasteiger partial charge in [-0.3, -0.25) is 9.48 Å². The Kier molecular flexibility index (Phi) is 3.06. The van der Waals surface area contributed by atoms with Crippen molar-refractivity contribution in [2.24, 2.45) is 0 Å². The van der Waals surface area contributed by atoms with Gasteiger partial charge in [0, 0.05) is 12.2 Å². The zero-order valence-electron chi connectivity index (χ0n) is 7.95. The summed E-state index contributed by atoms with van der Waals surface area (Å²) in [6, 6.07) is 1.94. The molecular weight excluding hydrogens is 168 g/mol. The summed E-state index contributed by atoms with van der Waals surface area (Å²) in [4.78, 5) is 10.3. The van der Waals surface area contributed by atoms with Gasteiger partial charge in [-0.05, 0) is 26.3 Å². The second kappa shape index (κ2) is 4.07. The van der Waals surface area contributed by atoms with Gasteiger partial charge < -0.3 is 5.11 Å². The summed E-state index contributed by atoms with van der Waals surface area (Å²) >= 11 is 0. The van der Waals surface area contributed by atoms with Gasteiger partial charge in [-0.25, -0.2) is 0 Å². The van der Waals surface area contributed by atoms with Crippen molar-refractivity contribution < 1.29 is 9.90 Å². The number of carboxylic acid groups (broad SMARTS) is 1. The average Bonchev–Trinajstić information content (AvgIpc) is 2.42. The monoisotopic (exact) mass is 182 g/mol. The third kappa shape index (κ3) is 2.57. The molecule has 1 N–H and O–H groups in total. The molecule has 0 aliphatic carbocycles. The minimum Gasteiger partial charge on any atom is -0.481 e. The largest absolute Gasteiger partial charge is 0.481 e. The normalized spacial score (nSPS) is 10.3. The Balaban J connectivity index is 2.69. The first kappa shape index (κ1) is 9.77. The summed E-state index contributed by atoms with van der Waals surface area (Å²) in [5.74, 6) is -0.762. The van der Waals surface area contributed by atoms with E-state index in [1.807, 2.05) is 24.6 Å². The molecule has 0 aliphatic rings. The van der Waals surface area contributed by atoms with E-state index in [-0.39, 0.29) is 6.42 Å². The second-order valence-electron chi connectivity index (χ2n) is 2.99. The Morgan fingerprint density at radius 1 is 1.69 bits per heavy atom. The molecule has 0 radical (unpaired) electrons. The van der Waals surface area contributed by atoms with E-state index in [9.17, 15) is 4.79 Å². The van der Waals surface area contributed by atoms with E-state index in [0.717, 1.165) is 17.9 Å². The molecule has 0 amide bonds. The lowest BCUT2D eigenvalue weighted by Crippen LogP contribution is -2.05. The van der Waals surface area contributed by atoms with Crippen LogP contribution in [0.4, 0.5) is 0 Å². The highest BCUT2D eigenvalue weighted by Crippen LogP contribution is 2.06. The number of carboxylic acids is 1. The fourth-order valence-electron chi connectivity index (χ4n) is 1.31. The summed E-state index contributed by atoms with van der Waals surface area (Å²) in [5, 5.41) is 12.7. The van der Waals surface area contributed by atoms with Crippen LogP contribution in [0.3, 0.4) is 0 Å². The molecule has 4 nitrogen and oxygen atoms in total. The van der Waals surface area contributed by atoms with E-state index in [0.29, 0.717) is 6.42 Å². The SMILES string of the molecule is CCn1nc(C)cc1CCC(=O)O. The summed E-state index contributed by atoms with van der Waals surface area (Å²) in [6.07, 6.45) is 0.731. The van der Waals surface area contributed by atoms with Crippen LogP contribution in [0, 0.1) is 6.92 Å². The molecule has 0 saturated heterocycles. The molecule has 0 atom stereocenters. The smallest absolute Gasteiger partial charge is 0.303 e. The van der Waals surface area contributed by atoms with Gasteiger partial charge in [0.15, 0.2) is 0 Å². The van der Waals surface area contributed by atoms with Gasteiger partial charge in [-0.1, -0.05) is 0 Å². The topological polar surface area (TPSA) is 55.1 Å². The quantitative estimate of drug-likeness (QED) is 0.761. The predicted molar refractivity (Wildman–Crippen MR) is 48.6 cm³/mol. The Morgan fingerprint density at radius 3 is 2.92 bits per heavy atom. The number of nitrogens with zero attached hydrogens (tertiary/aromatic N) is 2. The molecule has 4 heteroatoms. The fraction of sp³-hybridized carbons (Fsp3) is 0.556. The number of hydrogen-bond acceptors (Lipinski definition) is 2. The van der Waals surface area contributed by atoms with Crippen molar-refractivity contribution >= 4 is 5.97 Å².